The lowest BCUT2D eigenvalue weighted by Gasteiger charge is -2.10. The Labute approximate surface area is 91.3 Å². The molecular weight excluding hydrogens is 188 g/mol. The summed E-state index contributed by atoms with van der Waals surface area (Å²) in [5, 5.41) is 0. The molecule has 0 aliphatic heterocycles. The average molecular weight is 206 g/mol. The zero-order valence-corrected chi connectivity index (χ0v) is 9.19. The van der Waals surface area contributed by atoms with Crippen molar-refractivity contribution in [1.29, 1.82) is 0 Å². The molecule has 2 nitrogen and oxygen atoms in total. The first-order valence-corrected chi connectivity index (χ1v) is 5.49. The lowest BCUT2D eigenvalue weighted by Crippen LogP contribution is -1.99. The van der Waals surface area contributed by atoms with Crippen LogP contribution in [0.5, 0.6) is 0 Å². The lowest BCUT2D eigenvalue weighted by molar-refractivity contribution is -0.137. The van der Waals surface area contributed by atoms with Gasteiger partial charge in [-0.2, -0.15) is 0 Å². The van der Waals surface area contributed by atoms with Crippen molar-refractivity contribution in [2.75, 3.05) is 6.61 Å². The maximum atomic E-state index is 11.0. The summed E-state index contributed by atoms with van der Waals surface area (Å²) in [7, 11) is 0. The Morgan fingerprint density at radius 2 is 2.40 bits per heavy atom. The average Bonchev–Trinajstić information content (AvgIpc) is 2.26. The molecule has 0 aromatic carbocycles. The number of carbonyl (C=O) groups excluding carboxylic acids is 1. The van der Waals surface area contributed by atoms with E-state index in [4.69, 9.17) is 4.74 Å². The Bertz CT molecular complexity index is 274. The summed E-state index contributed by atoms with van der Waals surface area (Å²) in [5.41, 5.74) is 0. The van der Waals surface area contributed by atoms with Gasteiger partial charge in [-0.25, -0.2) is 4.79 Å². The standard InChI is InChI=1S/C13H18O2/c1-2-15-13(14)11-7-6-10-12-8-4-3-5-9-12/h3-5,7-8,11-12H,2,6,9-10H2,1H3/b11-7+. The number of hydrogen-bond acceptors (Lipinski definition) is 2. The molecule has 1 aliphatic rings. The molecule has 15 heavy (non-hydrogen) atoms. The van der Waals surface area contributed by atoms with Gasteiger partial charge in [-0.05, 0) is 32.1 Å². The third-order valence-corrected chi connectivity index (χ3v) is 2.31. The molecule has 0 aromatic rings. The molecule has 2 heteroatoms. The molecule has 0 amide bonds. The van der Waals surface area contributed by atoms with Crippen molar-refractivity contribution in [1.82, 2.24) is 0 Å². The van der Waals surface area contributed by atoms with Crippen LogP contribution < -0.4 is 0 Å². The van der Waals surface area contributed by atoms with Crippen LogP contribution >= 0.6 is 0 Å². The van der Waals surface area contributed by atoms with Crippen molar-refractivity contribution in [3.63, 3.8) is 0 Å². The highest BCUT2D eigenvalue weighted by Crippen LogP contribution is 2.17. The molecule has 0 N–H and O–H groups in total. The molecule has 0 aromatic heterocycles. The van der Waals surface area contributed by atoms with Crippen molar-refractivity contribution >= 4 is 5.97 Å². The van der Waals surface area contributed by atoms with Crippen LogP contribution in [0.1, 0.15) is 26.2 Å². The van der Waals surface area contributed by atoms with E-state index < -0.39 is 0 Å². The predicted molar refractivity (Wildman–Crippen MR) is 61.4 cm³/mol. The number of ether oxygens (including phenoxy) is 1. The third kappa shape index (κ3) is 5.21. The maximum absolute atomic E-state index is 11.0. The van der Waals surface area contributed by atoms with E-state index in [9.17, 15) is 4.79 Å². The van der Waals surface area contributed by atoms with Crippen LogP contribution in [0, 0.1) is 5.92 Å². The van der Waals surface area contributed by atoms with Crippen LogP contribution in [0.4, 0.5) is 0 Å². The number of carbonyl (C=O) groups is 1. The van der Waals surface area contributed by atoms with Gasteiger partial charge in [0.2, 0.25) is 0 Å². The van der Waals surface area contributed by atoms with E-state index in [-0.39, 0.29) is 5.97 Å². The van der Waals surface area contributed by atoms with Crippen molar-refractivity contribution in [3.8, 4) is 0 Å². The Balaban J connectivity index is 2.13. The topological polar surface area (TPSA) is 26.3 Å². The summed E-state index contributed by atoms with van der Waals surface area (Å²) >= 11 is 0. The fourth-order valence-electron chi connectivity index (χ4n) is 1.53. The van der Waals surface area contributed by atoms with E-state index in [0.29, 0.717) is 12.5 Å². The normalized spacial score (nSPS) is 19.7. The van der Waals surface area contributed by atoms with Gasteiger partial charge in [0.05, 0.1) is 6.61 Å². The van der Waals surface area contributed by atoms with Crippen LogP contribution in [0.15, 0.2) is 36.5 Å². The minimum atomic E-state index is -0.239. The van der Waals surface area contributed by atoms with Gasteiger partial charge in [-0.1, -0.05) is 30.4 Å². The summed E-state index contributed by atoms with van der Waals surface area (Å²) in [5.74, 6) is 0.387. The Morgan fingerprint density at radius 3 is 3.07 bits per heavy atom. The molecule has 0 bridgehead atoms. The fraction of sp³-hybridized carbons (Fsp3) is 0.462. The number of rotatable bonds is 5. The van der Waals surface area contributed by atoms with Crippen molar-refractivity contribution < 1.29 is 9.53 Å². The second-order valence-corrected chi connectivity index (χ2v) is 3.54. The minimum absolute atomic E-state index is 0.239. The summed E-state index contributed by atoms with van der Waals surface area (Å²) in [6.45, 7) is 2.25. The second-order valence-electron chi connectivity index (χ2n) is 3.54. The van der Waals surface area contributed by atoms with Gasteiger partial charge in [0.1, 0.15) is 0 Å². The number of allylic oxidation sites excluding steroid dienone is 5. The molecular formula is C13H18O2. The van der Waals surface area contributed by atoms with E-state index in [1.165, 1.54) is 6.08 Å². The van der Waals surface area contributed by atoms with Crippen LogP contribution in [0.2, 0.25) is 0 Å². The summed E-state index contributed by atoms with van der Waals surface area (Å²) in [6, 6.07) is 0. The Morgan fingerprint density at radius 1 is 1.53 bits per heavy atom. The molecule has 0 fully saturated rings. The zero-order valence-electron chi connectivity index (χ0n) is 9.19. The van der Waals surface area contributed by atoms with E-state index in [1.807, 2.05) is 13.0 Å². The largest absolute Gasteiger partial charge is 0.463 e. The Kier molecular flexibility index (Phi) is 5.52. The zero-order chi connectivity index (χ0) is 10.9. The fourth-order valence-corrected chi connectivity index (χ4v) is 1.53. The minimum Gasteiger partial charge on any atom is -0.463 e. The van der Waals surface area contributed by atoms with Crippen LogP contribution in [-0.4, -0.2) is 12.6 Å². The quantitative estimate of drug-likeness (QED) is 0.510. The van der Waals surface area contributed by atoms with Crippen LogP contribution in [-0.2, 0) is 9.53 Å². The maximum Gasteiger partial charge on any atom is 0.330 e. The van der Waals surface area contributed by atoms with Gasteiger partial charge in [0.25, 0.3) is 0 Å². The van der Waals surface area contributed by atoms with E-state index in [1.54, 1.807) is 0 Å². The molecule has 0 radical (unpaired) electrons. The SMILES string of the molecule is CCOC(=O)/C=C/CCC1C=CC=CC1. The molecule has 1 rings (SSSR count). The van der Waals surface area contributed by atoms with Gasteiger partial charge in [0, 0.05) is 6.08 Å². The third-order valence-electron chi connectivity index (χ3n) is 2.31. The van der Waals surface area contributed by atoms with Crippen molar-refractivity contribution in [3.05, 3.63) is 36.5 Å². The van der Waals surface area contributed by atoms with E-state index >= 15 is 0 Å². The van der Waals surface area contributed by atoms with Crippen molar-refractivity contribution in [2.24, 2.45) is 5.92 Å². The predicted octanol–water partition coefficient (Wildman–Crippen LogP) is 3.02. The smallest absolute Gasteiger partial charge is 0.330 e. The molecule has 0 saturated carbocycles. The highest BCUT2D eigenvalue weighted by molar-refractivity contribution is 5.81. The number of hydrogen-bond donors (Lipinski definition) is 0. The Hall–Kier alpha value is -1.31. The van der Waals surface area contributed by atoms with Crippen LogP contribution in [0.25, 0.3) is 0 Å². The summed E-state index contributed by atoms with van der Waals surface area (Å²) in [6.07, 6.45) is 15.1. The van der Waals surface area contributed by atoms with E-state index in [2.05, 4.69) is 24.3 Å². The van der Waals surface area contributed by atoms with Gasteiger partial charge < -0.3 is 4.74 Å². The molecule has 1 atom stereocenters. The highest BCUT2D eigenvalue weighted by atomic mass is 16.5. The molecule has 0 heterocycles. The second kappa shape index (κ2) is 7.04. The van der Waals surface area contributed by atoms with Gasteiger partial charge >= 0.3 is 5.97 Å². The summed E-state index contributed by atoms with van der Waals surface area (Å²) < 4.78 is 4.78. The van der Waals surface area contributed by atoms with Gasteiger partial charge in [-0.15, -0.1) is 0 Å². The van der Waals surface area contributed by atoms with E-state index in [0.717, 1.165) is 19.3 Å². The first-order chi connectivity index (χ1) is 7.33. The van der Waals surface area contributed by atoms with Gasteiger partial charge in [0.15, 0.2) is 0 Å². The monoisotopic (exact) mass is 206 g/mol. The van der Waals surface area contributed by atoms with Gasteiger partial charge in [-0.3, -0.25) is 0 Å². The first-order valence-electron chi connectivity index (χ1n) is 5.49. The summed E-state index contributed by atoms with van der Waals surface area (Å²) in [4.78, 5) is 11.0. The molecule has 82 valence electrons. The van der Waals surface area contributed by atoms with Crippen LogP contribution in [0.3, 0.4) is 0 Å². The highest BCUT2D eigenvalue weighted by Gasteiger charge is 2.03. The molecule has 0 saturated heterocycles. The molecule has 0 spiro atoms. The van der Waals surface area contributed by atoms with Crippen molar-refractivity contribution in [2.45, 2.75) is 26.2 Å². The number of esters is 1. The first kappa shape index (κ1) is 11.8. The molecule has 1 unspecified atom stereocenters. The lowest BCUT2D eigenvalue weighted by atomic mass is 9.96. The molecule has 1 aliphatic carbocycles.